The molecule has 1 unspecified atom stereocenters. The summed E-state index contributed by atoms with van der Waals surface area (Å²) in [6, 6.07) is 12.1. The Morgan fingerprint density at radius 2 is 1.91 bits per heavy atom. The molecule has 2 aliphatic rings. The molecule has 1 aromatic carbocycles. The molecule has 0 radical (unpaired) electrons. The Hall–Kier alpha value is -2.97. The minimum absolute atomic E-state index is 0.109. The number of rotatable bonds is 7. The lowest BCUT2D eigenvalue weighted by Gasteiger charge is -2.32. The zero-order valence-electron chi connectivity index (χ0n) is 19.9. The van der Waals surface area contributed by atoms with Crippen LogP contribution in [0.1, 0.15) is 47.7 Å². The summed E-state index contributed by atoms with van der Waals surface area (Å²) in [5.41, 5.74) is 3.22. The number of β-amino-alcohol motifs (C(OH)–C–C–N with tert-alkyl or cyclic N) is 1. The maximum atomic E-state index is 12.7. The van der Waals surface area contributed by atoms with Crippen molar-refractivity contribution >= 4 is 17.6 Å². The van der Waals surface area contributed by atoms with Crippen molar-refractivity contribution in [1.82, 2.24) is 20.1 Å². The number of likely N-dealkylation sites (tertiary alicyclic amines) is 1. The molecule has 8 heteroatoms. The van der Waals surface area contributed by atoms with Crippen molar-refractivity contribution in [3.63, 3.8) is 0 Å². The topological polar surface area (TPSA) is 97.8 Å². The summed E-state index contributed by atoms with van der Waals surface area (Å²) >= 11 is 0. The molecule has 2 aromatic rings. The van der Waals surface area contributed by atoms with Crippen LogP contribution in [0.25, 0.3) is 0 Å². The van der Waals surface area contributed by atoms with E-state index in [-0.39, 0.29) is 24.4 Å². The van der Waals surface area contributed by atoms with Crippen molar-refractivity contribution in [2.75, 3.05) is 38.0 Å². The van der Waals surface area contributed by atoms with E-state index >= 15 is 0 Å². The predicted octanol–water partition coefficient (Wildman–Crippen LogP) is 2.04. The number of piperidine rings is 1. The van der Waals surface area contributed by atoms with Crippen LogP contribution < -0.4 is 10.6 Å². The van der Waals surface area contributed by atoms with E-state index in [4.69, 9.17) is 0 Å². The standard InChI is InChI=1S/C26H35N5O3/c1-19(32)31-13-9-23(10-14-31)29-25-15-21(8-11-27-25)26(34)28-16-24(33)18-30-12-4-7-20-5-2-3-6-22(20)17-30/h2-3,5-6,8,11,15,23-24,33H,4,7,9-10,12-14,16-18H2,1H3,(H,27,29)(H,28,34). The Morgan fingerprint density at radius 3 is 2.68 bits per heavy atom. The molecule has 8 nitrogen and oxygen atoms in total. The van der Waals surface area contributed by atoms with E-state index < -0.39 is 6.10 Å². The average molecular weight is 466 g/mol. The van der Waals surface area contributed by atoms with Gasteiger partial charge in [-0.2, -0.15) is 0 Å². The molecule has 1 fully saturated rings. The number of aryl methyl sites for hydroxylation is 1. The van der Waals surface area contributed by atoms with Crippen molar-refractivity contribution < 1.29 is 14.7 Å². The lowest BCUT2D eigenvalue weighted by Crippen LogP contribution is -2.41. The highest BCUT2D eigenvalue weighted by molar-refractivity contribution is 5.94. The molecule has 2 amide bonds. The van der Waals surface area contributed by atoms with E-state index in [9.17, 15) is 14.7 Å². The molecule has 3 heterocycles. The van der Waals surface area contributed by atoms with E-state index in [0.717, 1.165) is 51.9 Å². The molecule has 0 saturated carbocycles. The van der Waals surface area contributed by atoms with Crippen molar-refractivity contribution in [3.05, 3.63) is 59.3 Å². The number of aromatic nitrogens is 1. The summed E-state index contributed by atoms with van der Waals surface area (Å²) in [6.07, 6.45) is 4.81. The van der Waals surface area contributed by atoms with Gasteiger partial charge in [-0.1, -0.05) is 24.3 Å². The summed E-state index contributed by atoms with van der Waals surface area (Å²) in [4.78, 5) is 32.6. The van der Waals surface area contributed by atoms with Gasteiger partial charge in [-0.15, -0.1) is 0 Å². The molecule has 1 atom stereocenters. The molecular formula is C26H35N5O3. The number of hydrogen-bond acceptors (Lipinski definition) is 6. The van der Waals surface area contributed by atoms with Crippen molar-refractivity contribution in [3.8, 4) is 0 Å². The highest BCUT2D eigenvalue weighted by Gasteiger charge is 2.21. The van der Waals surface area contributed by atoms with Crippen LogP contribution in [0.3, 0.4) is 0 Å². The van der Waals surface area contributed by atoms with Gasteiger partial charge in [0.05, 0.1) is 6.10 Å². The highest BCUT2D eigenvalue weighted by Crippen LogP contribution is 2.19. The Bertz CT molecular complexity index is 990. The first-order valence-corrected chi connectivity index (χ1v) is 12.2. The van der Waals surface area contributed by atoms with E-state index in [1.54, 1.807) is 25.3 Å². The quantitative estimate of drug-likeness (QED) is 0.579. The first kappa shape index (κ1) is 24.2. The fourth-order valence-electron chi connectivity index (χ4n) is 4.80. The molecule has 3 N–H and O–H groups in total. The van der Waals surface area contributed by atoms with E-state index in [1.807, 2.05) is 4.90 Å². The van der Waals surface area contributed by atoms with Gasteiger partial charge in [-0.05, 0) is 55.5 Å². The third-order valence-electron chi connectivity index (χ3n) is 6.71. The number of fused-ring (bicyclic) bond motifs is 1. The molecule has 2 aliphatic heterocycles. The second-order valence-electron chi connectivity index (χ2n) is 9.33. The number of aliphatic hydroxyl groups excluding tert-OH is 1. The molecule has 34 heavy (non-hydrogen) atoms. The lowest BCUT2D eigenvalue weighted by atomic mass is 10.0. The molecule has 182 valence electrons. The fourth-order valence-corrected chi connectivity index (χ4v) is 4.80. The second kappa shape index (κ2) is 11.4. The second-order valence-corrected chi connectivity index (χ2v) is 9.33. The summed E-state index contributed by atoms with van der Waals surface area (Å²) < 4.78 is 0. The van der Waals surface area contributed by atoms with Gasteiger partial charge in [0, 0.05) is 57.4 Å². The van der Waals surface area contributed by atoms with Crippen LogP contribution in [0.5, 0.6) is 0 Å². The summed E-state index contributed by atoms with van der Waals surface area (Å²) in [7, 11) is 0. The normalized spacial score (nSPS) is 18.0. The van der Waals surface area contributed by atoms with Gasteiger partial charge in [-0.3, -0.25) is 14.5 Å². The van der Waals surface area contributed by atoms with Gasteiger partial charge >= 0.3 is 0 Å². The predicted molar refractivity (Wildman–Crippen MR) is 132 cm³/mol. The van der Waals surface area contributed by atoms with Gasteiger partial charge in [0.2, 0.25) is 5.91 Å². The number of pyridine rings is 1. The van der Waals surface area contributed by atoms with Gasteiger partial charge < -0.3 is 20.6 Å². The maximum absolute atomic E-state index is 12.7. The van der Waals surface area contributed by atoms with Crippen LogP contribution in [0.15, 0.2) is 42.6 Å². The Labute approximate surface area is 201 Å². The van der Waals surface area contributed by atoms with Crippen molar-refractivity contribution in [2.24, 2.45) is 0 Å². The van der Waals surface area contributed by atoms with Crippen molar-refractivity contribution in [2.45, 2.75) is 51.3 Å². The van der Waals surface area contributed by atoms with Gasteiger partial charge in [-0.25, -0.2) is 4.98 Å². The van der Waals surface area contributed by atoms with E-state index in [0.29, 0.717) is 17.9 Å². The van der Waals surface area contributed by atoms with Gasteiger partial charge in [0.1, 0.15) is 5.82 Å². The van der Waals surface area contributed by atoms with E-state index in [1.165, 1.54) is 11.1 Å². The molecular weight excluding hydrogens is 430 g/mol. The number of carbonyl (C=O) groups excluding carboxylic acids is 2. The van der Waals surface area contributed by atoms with Crippen LogP contribution in [0.4, 0.5) is 5.82 Å². The molecule has 4 rings (SSSR count). The summed E-state index contributed by atoms with van der Waals surface area (Å²) in [5, 5.41) is 16.8. The van der Waals surface area contributed by atoms with Gasteiger partial charge in [0.25, 0.3) is 5.91 Å². The average Bonchev–Trinajstić information content (AvgIpc) is 3.04. The highest BCUT2D eigenvalue weighted by atomic mass is 16.3. The fraction of sp³-hybridized carbons (Fsp3) is 0.500. The summed E-state index contributed by atoms with van der Waals surface area (Å²) in [5.74, 6) is 0.535. The minimum atomic E-state index is -0.639. The van der Waals surface area contributed by atoms with Crippen molar-refractivity contribution in [1.29, 1.82) is 0 Å². The number of nitrogens with zero attached hydrogens (tertiary/aromatic N) is 3. The van der Waals surface area contributed by atoms with Gasteiger partial charge in [0.15, 0.2) is 0 Å². The molecule has 0 spiro atoms. The number of anilines is 1. The molecule has 0 bridgehead atoms. The zero-order valence-corrected chi connectivity index (χ0v) is 19.9. The van der Waals surface area contributed by atoms with E-state index in [2.05, 4.69) is 44.8 Å². The maximum Gasteiger partial charge on any atom is 0.251 e. The monoisotopic (exact) mass is 465 g/mol. The lowest BCUT2D eigenvalue weighted by molar-refractivity contribution is -0.129. The molecule has 1 saturated heterocycles. The third-order valence-corrected chi connectivity index (χ3v) is 6.71. The summed E-state index contributed by atoms with van der Waals surface area (Å²) in [6.45, 7) is 5.54. The number of nitrogens with one attached hydrogen (secondary N) is 2. The minimum Gasteiger partial charge on any atom is -0.390 e. The van der Waals surface area contributed by atoms with Crippen LogP contribution in [0.2, 0.25) is 0 Å². The molecule has 0 aliphatic carbocycles. The Balaban J connectivity index is 1.24. The molecule has 1 aromatic heterocycles. The van der Waals surface area contributed by atoms with Crippen LogP contribution in [-0.2, 0) is 17.8 Å². The number of hydrogen-bond donors (Lipinski definition) is 3. The number of amides is 2. The Morgan fingerprint density at radius 1 is 1.15 bits per heavy atom. The SMILES string of the molecule is CC(=O)N1CCC(Nc2cc(C(=O)NCC(O)CN3CCCc4ccccc4C3)ccn2)CC1. The van der Waals surface area contributed by atoms with Crippen LogP contribution >= 0.6 is 0 Å². The number of carbonyl (C=O) groups is 2. The third kappa shape index (κ3) is 6.55. The smallest absolute Gasteiger partial charge is 0.251 e. The number of aliphatic hydroxyl groups is 1. The first-order chi connectivity index (χ1) is 16.5. The first-order valence-electron chi connectivity index (χ1n) is 12.2. The van der Waals surface area contributed by atoms with Crippen LogP contribution in [0, 0.1) is 0 Å². The van der Waals surface area contributed by atoms with Crippen LogP contribution in [-0.4, -0.2) is 76.6 Å². The zero-order chi connectivity index (χ0) is 23.9. The largest absolute Gasteiger partial charge is 0.390 e. The number of benzene rings is 1. The Kier molecular flexibility index (Phi) is 8.13.